The molecule has 3 rings (SSSR count). The number of nitrogens with one attached hydrogen (secondary N) is 1. The third-order valence-corrected chi connectivity index (χ3v) is 6.01. The maximum atomic E-state index is 13.1. The minimum absolute atomic E-state index is 0.0962. The van der Waals surface area contributed by atoms with Crippen molar-refractivity contribution in [2.24, 2.45) is 7.05 Å². The van der Waals surface area contributed by atoms with Gasteiger partial charge in [0, 0.05) is 38.5 Å². The first kappa shape index (κ1) is 22.5. The van der Waals surface area contributed by atoms with Gasteiger partial charge in [-0.05, 0) is 24.1 Å². The fourth-order valence-corrected chi connectivity index (χ4v) is 3.97. The lowest BCUT2D eigenvalue weighted by molar-refractivity contribution is 0.0721. The van der Waals surface area contributed by atoms with Gasteiger partial charge in [-0.1, -0.05) is 12.1 Å². The Morgan fingerprint density at radius 1 is 1.23 bits per heavy atom. The fraction of sp³-hybridized carbons (Fsp3) is 0.350. The minimum Gasteiger partial charge on any atom is -0.502 e. The van der Waals surface area contributed by atoms with Crippen LogP contribution in [0.4, 0.5) is 4.39 Å². The molecule has 11 heteroatoms. The molecule has 1 aliphatic rings. The Hall–Kier alpha value is -3.21. The van der Waals surface area contributed by atoms with Crippen molar-refractivity contribution in [3.8, 4) is 5.75 Å². The number of benzene rings is 1. The molecule has 9 nitrogen and oxygen atoms in total. The minimum atomic E-state index is -3.30. The van der Waals surface area contributed by atoms with Crippen molar-refractivity contribution in [1.29, 1.82) is 0 Å². The summed E-state index contributed by atoms with van der Waals surface area (Å²) in [6.45, 7) is 0.194. The van der Waals surface area contributed by atoms with E-state index in [4.69, 9.17) is 0 Å². The third kappa shape index (κ3) is 4.76. The topological polar surface area (TPSA) is 126 Å². The maximum absolute atomic E-state index is 13.1. The Labute approximate surface area is 178 Å². The first-order valence-electron chi connectivity index (χ1n) is 9.44. The van der Waals surface area contributed by atoms with Crippen LogP contribution in [0.2, 0.25) is 0 Å². The maximum Gasteiger partial charge on any atom is 0.293 e. The van der Waals surface area contributed by atoms with E-state index in [1.54, 1.807) is 0 Å². The molecule has 0 saturated heterocycles. The molecule has 0 spiro atoms. The second-order valence-corrected chi connectivity index (χ2v) is 9.66. The molecule has 0 radical (unpaired) electrons. The van der Waals surface area contributed by atoms with Crippen molar-refractivity contribution in [3.63, 3.8) is 0 Å². The van der Waals surface area contributed by atoms with E-state index >= 15 is 0 Å². The molecule has 2 N–H and O–H groups in total. The Morgan fingerprint density at radius 3 is 2.48 bits per heavy atom. The highest BCUT2D eigenvalue weighted by atomic mass is 32.2. The Bertz CT molecular complexity index is 1200. The van der Waals surface area contributed by atoms with Gasteiger partial charge in [-0.3, -0.25) is 14.4 Å². The van der Waals surface area contributed by atoms with E-state index in [2.05, 4.69) is 5.32 Å². The monoisotopic (exact) mass is 451 g/mol. The van der Waals surface area contributed by atoms with Crippen molar-refractivity contribution >= 4 is 21.7 Å². The van der Waals surface area contributed by atoms with E-state index in [1.165, 1.54) is 36.2 Å². The van der Waals surface area contributed by atoms with Gasteiger partial charge in [-0.15, -0.1) is 0 Å². The highest BCUT2D eigenvalue weighted by Crippen LogP contribution is 2.28. The molecule has 0 saturated carbocycles. The van der Waals surface area contributed by atoms with Gasteiger partial charge >= 0.3 is 0 Å². The van der Waals surface area contributed by atoms with Crippen molar-refractivity contribution in [2.45, 2.75) is 13.0 Å². The van der Waals surface area contributed by atoms with Crippen LogP contribution in [-0.4, -0.2) is 59.9 Å². The van der Waals surface area contributed by atoms with Crippen LogP contribution >= 0.6 is 0 Å². The average molecular weight is 451 g/mol. The summed E-state index contributed by atoms with van der Waals surface area (Å²) in [6.07, 6.45) is 1.23. The van der Waals surface area contributed by atoms with Crippen molar-refractivity contribution in [3.05, 3.63) is 62.8 Å². The number of pyridine rings is 1. The van der Waals surface area contributed by atoms with Gasteiger partial charge in [0.15, 0.2) is 5.75 Å². The highest BCUT2D eigenvalue weighted by Gasteiger charge is 2.34. The number of fused-ring (bicyclic) bond motifs is 1. The Kier molecular flexibility index (Phi) is 6.16. The van der Waals surface area contributed by atoms with Gasteiger partial charge in [0.05, 0.1) is 11.3 Å². The molecule has 2 amide bonds. The van der Waals surface area contributed by atoms with Gasteiger partial charge in [0.1, 0.15) is 21.3 Å². The standard InChI is InChI=1S/C20H22FN3O6S/c1-23-16(18(26)22-8-10-31(2,29)30)14-7-9-24(11-12-3-5-13(21)6-4-12)19(27)15(14)17(25)20(23)28/h3-6,25H,7-11H2,1-2H3,(H,22,26). The number of hydrogen-bond donors (Lipinski definition) is 2. The number of halogens is 1. The number of sulfone groups is 1. The van der Waals surface area contributed by atoms with E-state index in [-0.39, 0.29) is 48.6 Å². The van der Waals surface area contributed by atoms with Crippen LogP contribution in [0.3, 0.4) is 0 Å². The summed E-state index contributed by atoms with van der Waals surface area (Å²) in [5.74, 6) is -2.77. The van der Waals surface area contributed by atoms with Gasteiger partial charge in [-0.25, -0.2) is 12.8 Å². The second-order valence-electron chi connectivity index (χ2n) is 7.40. The van der Waals surface area contributed by atoms with E-state index < -0.39 is 38.8 Å². The molecule has 0 fully saturated rings. The zero-order chi connectivity index (χ0) is 22.9. The summed E-state index contributed by atoms with van der Waals surface area (Å²) < 4.78 is 36.6. The van der Waals surface area contributed by atoms with Crippen molar-refractivity contribution in [1.82, 2.24) is 14.8 Å². The largest absolute Gasteiger partial charge is 0.502 e. The Balaban J connectivity index is 1.94. The van der Waals surface area contributed by atoms with E-state index in [9.17, 15) is 32.3 Å². The summed E-state index contributed by atoms with van der Waals surface area (Å²) in [6, 6.07) is 5.60. The van der Waals surface area contributed by atoms with Crippen LogP contribution in [-0.2, 0) is 29.9 Å². The van der Waals surface area contributed by atoms with Crippen molar-refractivity contribution < 1.29 is 27.5 Å². The molecule has 0 unspecified atom stereocenters. The Morgan fingerprint density at radius 2 is 1.87 bits per heavy atom. The lowest BCUT2D eigenvalue weighted by atomic mass is 9.95. The number of hydrogen-bond acceptors (Lipinski definition) is 6. The van der Waals surface area contributed by atoms with Crippen LogP contribution < -0.4 is 10.9 Å². The number of amides is 2. The number of nitrogens with zero attached hydrogens (tertiary/aromatic N) is 2. The molecule has 1 aliphatic heterocycles. The molecule has 2 heterocycles. The smallest absolute Gasteiger partial charge is 0.293 e. The number of aromatic hydroxyl groups is 1. The predicted octanol–water partition coefficient (Wildman–Crippen LogP) is 0.203. The summed E-state index contributed by atoms with van der Waals surface area (Å²) in [5.41, 5.74) is -0.369. The summed E-state index contributed by atoms with van der Waals surface area (Å²) >= 11 is 0. The molecule has 1 aromatic heterocycles. The van der Waals surface area contributed by atoms with Gasteiger partial charge in [0.25, 0.3) is 17.4 Å². The highest BCUT2D eigenvalue weighted by molar-refractivity contribution is 7.90. The fourth-order valence-electron chi connectivity index (χ4n) is 3.50. The van der Waals surface area contributed by atoms with Gasteiger partial charge < -0.3 is 19.9 Å². The number of aromatic nitrogens is 1. The zero-order valence-corrected chi connectivity index (χ0v) is 17.8. The molecule has 2 aromatic rings. The molecule has 1 aromatic carbocycles. The number of rotatable bonds is 6. The van der Waals surface area contributed by atoms with Crippen molar-refractivity contribution in [2.75, 3.05) is 25.1 Å². The second kappa shape index (κ2) is 8.50. The summed E-state index contributed by atoms with van der Waals surface area (Å²) in [7, 11) is -2.01. The van der Waals surface area contributed by atoms with E-state index in [0.29, 0.717) is 5.56 Å². The molecular weight excluding hydrogens is 429 g/mol. The predicted molar refractivity (Wildman–Crippen MR) is 110 cm³/mol. The van der Waals surface area contributed by atoms with Crippen LogP contribution in [0.5, 0.6) is 5.75 Å². The third-order valence-electron chi connectivity index (χ3n) is 5.06. The number of carbonyl (C=O) groups excluding carboxylic acids is 2. The quantitative estimate of drug-likeness (QED) is 0.647. The molecule has 0 atom stereocenters. The van der Waals surface area contributed by atoms with Crippen LogP contribution in [0, 0.1) is 5.82 Å². The van der Waals surface area contributed by atoms with E-state index in [1.807, 2.05) is 0 Å². The number of carbonyl (C=O) groups is 2. The van der Waals surface area contributed by atoms with Crippen LogP contribution in [0.25, 0.3) is 0 Å². The molecular formula is C20H22FN3O6S. The van der Waals surface area contributed by atoms with Gasteiger partial charge in [0.2, 0.25) is 0 Å². The molecule has 0 bridgehead atoms. The van der Waals surface area contributed by atoms with E-state index in [0.717, 1.165) is 10.8 Å². The molecule has 0 aliphatic carbocycles. The zero-order valence-electron chi connectivity index (χ0n) is 17.0. The molecule has 31 heavy (non-hydrogen) atoms. The lowest BCUT2D eigenvalue weighted by Crippen LogP contribution is -2.42. The first-order valence-corrected chi connectivity index (χ1v) is 11.5. The van der Waals surface area contributed by atoms with Crippen LogP contribution in [0.1, 0.15) is 32.0 Å². The SMILES string of the molecule is Cn1c(C(=O)NCCS(C)(=O)=O)c2c(c(O)c1=O)C(=O)N(Cc1ccc(F)cc1)CC2. The van der Waals surface area contributed by atoms with Gasteiger partial charge in [-0.2, -0.15) is 0 Å². The summed E-state index contributed by atoms with van der Waals surface area (Å²) in [5, 5.41) is 12.8. The molecule has 166 valence electrons. The first-order chi connectivity index (χ1) is 14.5. The summed E-state index contributed by atoms with van der Waals surface area (Å²) in [4.78, 5) is 39.6. The lowest BCUT2D eigenvalue weighted by Gasteiger charge is -2.30. The average Bonchev–Trinajstić information content (AvgIpc) is 2.69. The normalized spacial score (nSPS) is 13.8. The van der Waals surface area contributed by atoms with Crippen LogP contribution in [0.15, 0.2) is 29.1 Å².